The lowest BCUT2D eigenvalue weighted by molar-refractivity contribution is 0.0560. The summed E-state index contributed by atoms with van der Waals surface area (Å²) in [6, 6.07) is 9.29. The van der Waals surface area contributed by atoms with E-state index in [1.165, 1.54) is 7.11 Å². The molecule has 0 saturated heterocycles. The van der Waals surface area contributed by atoms with Gasteiger partial charge in [0.1, 0.15) is 18.1 Å². The normalized spacial score (nSPS) is 10.3. The first kappa shape index (κ1) is 14.1. The summed E-state index contributed by atoms with van der Waals surface area (Å²) in [5.41, 5.74) is 7.29. The molecule has 2 aromatic rings. The van der Waals surface area contributed by atoms with Gasteiger partial charge in [-0.3, -0.25) is 0 Å². The molecule has 0 aliphatic rings. The third kappa shape index (κ3) is 3.19. The van der Waals surface area contributed by atoms with E-state index in [-0.39, 0.29) is 12.4 Å². The second-order valence-corrected chi connectivity index (χ2v) is 4.36. The average molecular weight is 275 g/mol. The van der Waals surface area contributed by atoms with Gasteiger partial charge in [-0.1, -0.05) is 12.1 Å². The van der Waals surface area contributed by atoms with E-state index in [1.807, 2.05) is 24.3 Å². The second-order valence-electron chi connectivity index (χ2n) is 4.36. The number of furan rings is 1. The summed E-state index contributed by atoms with van der Waals surface area (Å²) in [7, 11) is 1.32. The Morgan fingerprint density at radius 3 is 2.85 bits per heavy atom. The lowest BCUT2D eigenvalue weighted by Gasteiger charge is -2.05. The van der Waals surface area contributed by atoms with Gasteiger partial charge < -0.3 is 19.6 Å². The molecule has 20 heavy (non-hydrogen) atoms. The fourth-order valence-electron chi connectivity index (χ4n) is 1.83. The minimum absolute atomic E-state index is 0.210. The number of carbonyl (C=O) groups is 1. The zero-order valence-electron chi connectivity index (χ0n) is 11.5. The third-order valence-corrected chi connectivity index (χ3v) is 2.85. The molecule has 0 radical (unpaired) electrons. The van der Waals surface area contributed by atoms with Crippen LogP contribution in [0.2, 0.25) is 0 Å². The number of esters is 1. The molecule has 0 spiro atoms. The summed E-state index contributed by atoms with van der Waals surface area (Å²) in [5.74, 6) is 1.00. The van der Waals surface area contributed by atoms with Crippen LogP contribution in [-0.4, -0.2) is 13.1 Å². The molecule has 0 saturated carbocycles. The van der Waals surface area contributed by atoms with Crippen LogP contribution in [0.15, 0.2) is 34.7 Å². The molecular weight excluding hydrogens is 258 g/mol. The maximum absolute atomic E-state index is 11.4. The van der Waals surface area contributed by atoms with Crippen molar-refractivity contribution >= 4 is 5.97 Å². The Bertz CT molecular complexity index is 604. The summed E-state index contributed by atoms with van der Waals surface area (Å²) in [6.45, 7) is 2.49. The average Bonchev–Trinajstić information content (AvgIpc) is 2.85. The Morgan fingerprint density at radius 2 is 2.15 bits per heavy atom. The van der Waals surface area contributed by atoms with Crippen LogP contribution in [0.5, 0.6) is 5.75 Å². The van der Waals surface area contributed by atoms with Crippen molar-refractivity contribution < 1.29 is 18.7 Å². The third-order valence-electron chi connectivity index (χ3n) is 2.85. The topological polar surface area (TPSA) is 74.7 Å². The van der Waals surface area contributed by atoms with Crippen molar-refractivity contribution in [2.45, 2.75) is 20.1 Å². The predicted molar refractivity (Wildman–Crippen MR) is 73.4 cm³/mol. The molecule has 0 fully saturated rings. The number of rotatable bonds is 5. The first-order valence-corrected chi connectivity index (χ1v) is 6.23. The fraction of sp³-hybridized carbons (Fsp3) is 0.267. The smallest absolute Gasteiger partial charge is 0.374 e. The Labute approximate surface area is 117 Å². The lowest BCUT2D eigenvalue weighted by Crippen LogP contribution is -2.01. The molecule has 1 heterocycles. The van der Waals surface area contributed by atoms with Crippen LogP contribution in [0.25, 0.3) is 0 Å². The molecular formula is C15H17NO4. The summed E-state index contributed by atoms with van der Waals surface area (Å²) in [5, 5.41) is 0. The second kappa shape index (κ2) is 6.25. The Morgan fingerprint density at radius 1 is 1.35 bits per heavy atom. The van der Waals surface area contributed by atoms with E-state index in [9.17, 15) is 4.79 Å². The molecule has 1 aromatic carbocycles. The highest BCUT2D eigenvalue weighted by atomic mass is 16.5. The molecule has 2 N–H and O–H groups in total. The molecule has 1 aromatic heterocycles. The number of benzene rings is 1. The van der Waals surface area contributed by atoms with Gasteiger partial charge in [-0.2, -0.15) is 0 Å². The minimum Gasteiger partial charge on any atom is -0.486 e. The van der Waals surface area contributed by atoms with E-state index >= 15 is 0 Å². The van der Waals surface area contributed by atoms with Gasteiger partial charge in [0.25, 0.3) is 0 Å². The van der Waals surface area contributed by atoms with E-state index in [4.69, 9.17) is 14.9 Å². The van der Waals surface area contributed by atoms with Gasteiger partial charge in [0, 0.05) is 12.1 Å². The standard InChI is InChI=1S/C15H17NO4/c1-10-6-13(20-14(10)15(17)18-2)9-19-12-5-3-4-11(7-12)8-16/h3-7H,8-9,16H2,1-2H3. The highest BCUT2D eigenvalue weighted by molar-refractivity contribution is 5.87. The highest BCUT2D eigenvalue weighted by Gasteiger charge is 2.16. The first-order valence-electron chi connectivity index (χ1n) is 6.23. The zero-order chi connectivity index (χ0) is 14.5. The summed E-state index contributed by atoms with van der Waals surface area (Å²) < 4.78 is 15.7. The van der Waals surface area contributed by atoms with Crippen molar-refractivity contribution in [2.24, 2.45) is 5.73 Å². The van der Waals surface area contributed by atoms with Gasteiger partial charge >= 0.3 is 5.97 Å². The van der Waals surface area contributed by atoms with Crippen LogP contribution in [0.4, 0.5) is 0 Å². The van der Waals surface area contributed by atoms with Gasteiger partial charge in [0.05, 0.1) is 7.11 Å². The Kier molecular flexibility index (Phi) is 4.42. The number of hydrogen-bond donors (Lipinski definition) is 1. The maximum atomic E-state index is 11.4. The van der Waals surface area contributed by atoms with Crippen LogP contribution in [0.3, 0.4) is 0 Å². The number of methoxy groups -OCH3 is 1. The molecule has 2 rings (SSSR count). The van der Waals surface area contributed by atoms with Gasteiger partial charge in [0.2, 0.25) is 5.76 Å². The fourth-order valence-corrected chi connectivity index (χ4v) is 1.83. The molecule has 0 unspecified atom stereocenters. The zero-order valence-corrected chi connectivity index (χ0v) is 11.5. The van der Waals surface area contributed by atoms with E-state index in [2.05, 4.69) is 4.74 Å². The molecule has 0 bridgehead atoms. The number of ether oxygens (including phenoxy) is 2. The van der Waals surface area contributed by atoms with Crippen LogP contribution in [0, 0.1) is 6.92 Å². The van der Waals surface area contributed by atoms with E-state index < -0.39 is 5.97 Å². The van der Waals surface area contributed by atoms with Crippen LogP contribution < -0.4 is 10.5 Å². The molecule has 0 aliphatic carbocycles. The maximum Gasteiger partial charge on any atom is 0.374 e. The van der Waals surface area contributed by atoms with Crippen LogP contribution in [-0.2, 0) is 17.9 Å². The SMILES string of the molecule is COC(=O)c1oc(COc2cccc(CN)c2)cc1C. The number of aryl methyl sites for hydroxylation is 1. The molecule has 106 valence electrons. The monoisotopic (exact) mass is 275 g/mol. The summed E-state index contributed by atoms with van der Waals surface area (Å²) in [6.07, 6.45) is 0. The first-order chi connectivity index (χ1) is 9.63. The van der Waals surface area contributed by atoms with E-state index in [0.717, 1.165) is 11.1 Å². The Balaban J connectivity index is 2.05. The molecule has 5 heteroatoms. The van der Waals surface area contributed by atoms with Crippen molar-refractivity contribution in [1.82, 2.24) is 0 Å². The summed E-state index contributed by atoms with van der Waals surface area (Å²) in [4.78, 5) is 11.4. The van der Waals surface area contributed by atoms with Crippen molar-refractivity contribution in [2.75, 3.05) is 7.11 Å². The molecule has 5 nitrogen and oxygen atoms in total. The summed E-state index contributed by atoms with van der Waals surface area (Å²) >= 11 is 0. The van der Waals surface area contributed by atoms with Crippen molar-refractivity contribution in [3.8, 4) is 5.75 Å². The van der Waals surface area contributed by atoms with E-state index in [1.54, 1.807) is 13.0 Å². The number of nitrogens with two attached hydrogens (primary N) is 1. The minimum atomic E-state index is -0.487. The number of carbonyl (C=O) groups excluding carboxylic acids is 1. The van der Waals surface area contributed by atoms with Crippen molar-refractivity contribution in [3.63, 3.8) is 0 Å². The number of hydrogen-bond acceptors (Lipinski definition) is 5. The molecule has 0 atom stereocenters. The van der Waals surface area contributed by atoms with Crippen LogP contribution >= 0.6 is 0 Å². The van der Waals surface area contributed by atoms with Gasteiger partial charge in [-0.15, -0.1) is 0 Å². The van der Waals surface area contributed by atoms with Crippen molar-refractivity contribution in [3.05, 3.63) is 53.0 Å². The van der Waals surface area contributed by atoms with E-state index in [0.29, 0.717) is 18.1 Å². The van der Waals surface area contributed by atoms with Crippen LogP contribution in [0.1, 0.15) is 27.4 Å². The quantitative estimate of drug-likeness (QED) is 0.848. The van der Waals surface area contributed by atoms with Gasteiger partial charge in [-0.05, 0) is 30.7 Å². The molecule has 0 aliphatic heterocycles. The van der Waals surface area contributed by atoms with Gasteiger partial charge in [-0.25, -0.2) is 4.79 Å². The largest absolute Gasteiger partial charge is 0.486 e. The Hall–Kier alpha value is -2.27. The highest BCUT2D eigenvalue weighted by Crippen LogP contribution is 2.19. The van der Waals surface area contributed by atoms with Gasteiger partial charge in [0.15, 0.2) is 0 Å². The predicted octanol–water partition coefficient (Wildman–Crippen LogP) is 2.41. The van der Waals surface area contributed by atoms with Crippen molar-refractivity contribution in [1.29, 1.82) is 0 Å². The molecule has 0 amide bonds. The lowest BCUT2D eigenvalue weighted by atomic mass is 10.2.